The molecule has 0 fully saturated rings. The summed E-state index contributed by atoms with van der Waals surface area (Å²) in [7, 11) is -3.84. The minimum Gasteiger partial charge on any atom is -0.385 e. The van der Waals surface area contributed by atoms with E-state index in [0.29, 0.717) is 25.3 Å². The van der Waals surface area contributed by atoms with Crippen LogP contribution in [0.3, 0.4) is 0 Å². The van der Waals surface area contributed by atoms with Crippen LogP contribution in [0.25, 0.3) is 0 Å². The number of anilines is 1. The Morgan fingerprint density at radius 3 is 2.38 bits per heavy atom. The summed E-state index contributed by atoms with van der Waals surface area (Å²) >= 11 is 0. The zero-order valence-corrected chi connectivity index (χ0v) is 14.2. The molecule has 2 N–H and O–H groups in total. The van der Waals surface area contributed by atoms with Gasteiger partial charge in [-0.3, -0.25) is 4.55 Å². The lowest BCUT2D eigenvalue weighted by Gasteiger charge is -2.32. The standard InChI is InChI=1S/C16H27NO3S/c1-13(2)16(3,4)14-9-5-6-10-15(14)17-11-7-8-12-21(18,19)20/h5-6,9-10,13,17H,7-8,11-12H2,1-4H3,(H,18,19,20). The molecule has 1 rings (SSSR count). The van der Waals surface area contributed by atoms with E-state index in [0.717, 1.165) is 5.69 Å². The highest BCUT2D eigenvalue weighted by molar-refractivity contribution is 7.85. The number of para-hydroxylation sites is 1. The lowest BCUT2D eigenvalue weighted by molar-refractivity contribution is 0.373. The molecule has 120 valence electrons. The maximum atomic E-state index is 10.7. The number of benzene rings is 1. The number of hydrogen-bond acceptors (Lipinski definition) is 3. The molecule has 0 radical (unpaired) electrons. The molecule has 21 heavy (non-hydrogen) atoms. The average Bonchev–Trinajstić information content (AvgIpc) is 2.37. The molecule has 0 saturated carbocycles. The Hall–Kier alpha value is -1.07. The first kappa shape index (κ1) is 18.0. The quantitative estimate of drug-likeness (QED) is 0.567. The Bertz CT molecular complexity index is 550. The first-order valence-corrected chi connectivity index (χ1v) is 9.04. The Morgan fingerprint density at radius 2 is 1.81 bits per heavy atom. The Kier molecular flexibility index (Phi) is 6.23. The van der Waals surface area contributed by atoms with Crippen molar-refractivity contribution >= 4 is 15.8 Å². The molecule has 1 aromatic carbocycles. The molecule has 0 bridgehead atoms. The molecule has 4 nitrogen and oxygen atoms in total. The van der Waals surface area contributed by atoms with Crippen molar-refractivity contribution in [3.8, 4) is 0 Å². The van der Waals surface area contributed by atoms with Crippen molar-refractivity contribution in [3.05, 3.63) is 29.8 Å². The van der Waals surface area contributed by atoms with Crippen LogP contribution < -0.4 is 5.32 Å². The first-order valence-electron chi connectivity index (χ1n) is 7.43. The van der Waals surface area contributed by atoms with Crippen LogP contribution in [0.4, 0.5) is 5.69 Å². The van der Waals surface area contributed by atoms with E-state index in [2.05, 4.69) is 45.1 Å². The van der Waals surface area contributed by atoms with Crippen LogP contribution >= 0.6 is 0 Å². The molecule has 0 aliphatic rings. The van der Waals surface area contributed by atoms with Crippen LogP contribution in [0.2, 0.25) is 0 Å². The molecule has 0 aliphatic heterocycles. The second-order valence-corrected chi connectivity index (χ2v) is 7.91. The highest BCUT2D eigenvalue weighted by Gasteiger charge is 2.26. The fraction of sp³-hybridized carbons (Fsp3) is 0.625. The van der Waals surface area contributed by atoms with Crippen LogP contribution in [-0.4, -0.2) is 25.3 Å². The number of hydrogen-bond donors (Lipinski definition) is 2. The summed E-state index contributed by atoms with van der Waals surface area (Å²) in [6.07, 6.45) is 1.16. The lowest BCUT2D eigenvalue weighted by Crippen LogP contribution is -2.26. The van der Waals surface area contributed by atoms with E-state index in [9.17, 15) is 8.42 Å². The van der Waals surface area contributed by atoms with Gasteiger partial charge in [-0.1, -0.05) is 45.9 Å². The molecule has 0 spiro atoms. The summed E-state index contributed by atoms with van der Waals surface area (Å²) in [6.45, 7) is 9.58. The third-order valence-corrected chi connectivity index (χ3v) is 5.01. The van der Waals surface area contributed by atoms with Crippen molar-refractivity contribution < 1.29 is 13.0 Å². The summed E-state index contributed by atoms with van der Waals surface area (Å²) in [5.74, 6) is 0.341. The third kappa shape index (κ3) is 5.67. The van der Waals surface area contributed by atoms with E-state index in [-0.39, 0.29) is 11.2 Å². The van der Waals surface area contributed by atoms with E-state index in [1.807, 2.05) is 12.1 Å². The summed E-state index contributed by atoms with van der Waals surface area (Å²) in [5, 5.41) is 3.38. The van der Waals surface area contributed by atoms with Crippen molar-refractivity contribution in [1.82, 2.24) is 0 Å². The molecule has 0 unspecified atom stereocenters. The fourth-order valence-electron chi connectivity index (χ4n) is 2.14. The van der Waals surface area contributed by atoms with E-state index in [4.69, 9.17) is 4.55 Å². The summed E-state index contributed by atoms with van der Waals surface area (Å²) in [4.78, 5) is 0. The normalized spacial score (nSPS) is 12.7. The van der Waals surface area contributed by atoms with E-state index >= 15 is 0 Å². The second kappa shape index (κ2) is 7.27. The fourth-order valence-corrected chi connectivity index (χ4v) is 2.71. The molecule has 0 atom stereocenters. The van der Waals surface area contributed by atoms with E-state index < -0.39 is 10.1 Å². The minimum absolute atomic E-state index is 0.0675. The average molecular weight is 313 g/mol. The number of nitrogens with one attached hydrogen (secondary N) is 1. The highest BCUT2D eigenvalue weighted by Crippen LogP contribution is 2.35. The molecule has 5 heteroatoms. The van der Waals surface area contributed by atoms with Gasteiger partial charge in [0.2, 0.25) is 0 Å². The topological polar surface area (TPSA) is 66.4 Å². The van der Waals surface area contributed by atoms with Gasteiger partial charge < -0.3 is 5.32 Å². The molecule has 0 saturated heterocycles. The van der Waals surface area contributed by atoms with Gasteiger partial charge in [0.1, 0.15) is 0 Å². The van der Waals surface area contributed by atoms with Gasteiger partial charge in [-0.25, -0.2) is 0 Å². The molecule has 0 aliphatic carbocycles. The van der Waals surface area contributed by atoms with Gasteiger partial charge in [0.25, 0.3) is 10.1 Å². The van der Waals surface area contributed by atoms with Gasteiger partial charge >= 0.3 is 0 Å². The molecule has 1 aromatic rings. The van der Waals surface area contributed by atoms with Crippen molar-refractivity contribution in [2.24, 2.45) is 5.92 Å². The molecular formula is C16H27NO3S. The summed E-state index contributed by atoms with van der Waals surface area (Å²) < 4.78 is 30.0. The zero-order chi connectivity index (χ0) is 16.1. The molecule has 0 amide bonds. The van der Waals surface area contributed by atoms with Crippen molar-refractivity contribution in [1.29, 1.82) is 0 Å². The second-order valence-electron chi connectivity index (χ2n) is 6.34. The Labute approximate surface area is 128 Å². The lowest BCUT2D eigenvalue weighted by atomic mass is 9.74. The summed E-state index contributed by atoms with van der Waals surface area (Å²) in [6, 6.07) is 8.24. The molecule has 0 aromatic heterocycles. The van der Waals surface area contributed by atoms with Gasteiger partial charge in [0.15, 0.2) is 0 Å². The van der Waals surface area contributed by atoms with Gasteiger partial charge in [-0.15, -0.1) is 0 Å². The predicted octanol–water partition coefficient (Wildman–Crippen LogP) is 3.70. The largest absolute Gasteiger partial charge is 0.385 e. The smallest absolute Gasteiger partial charge is 0.264 e. The van der Waals surface area contributed by atoms with Crippen molar-refractivity contribution in [2.45, 2.75) is 46.0 Å². The molecular weight excluding hydrogens is 286 g/mol. The predicted molar refractivity (Wildman–Crippen MR) is 88.4 cm³/mol. The first-order chi connectivity index (χ1) is 9.64. The van der Waals surface area contributed by atoms with E-state index in [1.54, 1.807) is 0 Å². The SMILES string of the molecule is CC(C)C(C)(C)c1ccccc1NCCCCS(=O)(=O)O. The maximum absolute atomic E-state index is 10.7. The van der Waals surface area contributed by atoms with Crippen LogP contribution in [0.1, 0.15) is 46.1 Å². The van der Waals surface area contributed by atoms with Gasteiger partial charge in [0.05, 0.1) is 5.75 Å². The van der Waals surface area contributed by atoms with Crippen LogP contribution in [-0.2, 0) is 15.5 Å². The zero-order valence-electron chi connectivity index (χ0n) is 13.4. The Morgan fingerprint density at radius 1 is 1.19 bits per heavy atom. The van der Waals surface area contributed by atoms with Crippen LogP contribution in [0.15, 0.2) is 24.3 Å². The monoisotopic (exact) mass is 313 g/mol. The van der Waals surface area contributed by atoms with Gasteiger partial charge in [0, 0.05) is 12.2 Å². The van der Waals surface area contributed by atoms with E-state index in [1.165, 1.54) is 5.56 Å². The van der Waals surface area contributed by atoms with Gasteiger partial charge in [-0.05, 0) is 35.8 Å². The third-order valence-electron chi connectivity index (χ3n) is 4.21. The number of rotatable bonds is 8. The van der Waals surface area contributed by atoms with Crippen LogP contribution in [0, 0.1) is 5.92 Å². The van der Waals surface area contributed by atoms with Gasteiger partial charge in [-0.2, -0.15) is 8.42 Å². The summed E-state index contributed by atoms with van der Waals surface area (Å²) in [5.41, 5.74) is 2.44. The van der Waals surface area contributed by atoms with Crippen LogP contribution in [0.5, 0.6) is 0 Å². The Balaban J connectivity index is 2.64. The highest BCUT2D eigenvalue weighted by atomic mass is 32.2. The molecule has 0 heterocycles. The van der Waals surface area contributed by atoms with Crippen molar-refractivity contribution in [3.63, 3.8) is 0 Å². The minimum atomic E-state index is -3.84. The van der Waals surface area contributed by atoms with Crippen molar-refractivity contribution in [2.75, 3.05) is 17.6 Å². The maximum Gasteiger partial charge on any atom is 0.264 e. The number of unbranched alkanes of at least 4 members (excludes halogenated alkanes) is 1.